The Hall–Kier alpha value is -0.550. The molecule has 16 heavy (non-hydrogen) atoms. The zero-order chi connectivity index (χ0) is 11.3. The van der Waals surface area contributed by atoms with Gasteiger partial charge in [-0.05, 0) is 36.5 Å². The molecule has 0 spiro atoms. The molecule has 3 rings (SSSR count). The molecule has 0 bridgehead atoms. The molecule has 0 aliphatic heterocycles. The monoisotopic (exact) mass is 344 g/mol. The van der Waals surface area contributed by atoms with Gasteiger partial charge in [0.15, 0.2) is 0 Å². The predicted molar refractivity (Wildman–Crippen MR) is 71.0 cm³/mol. The Bertz CT molecular complexity index is 598. The Balaban J connectivity index is 2.15. The molecule has 1 aromatic heterocycles. The van der Waals surface area contributed by atoms with Crippen LogP contribution in [0.2, 0.25) is 0 Å². The van der Waals surface area contributed by atoms with Crippen molar-refractivity contribution < 1.29 is 0 Å². The minimum atomic E-state index is -0.156. The van der Waals surface area contributed by atoms with Crippen LogP contribution in [0.1, 0.15) is 23.2 Å². The van der Waals surface area contributed by atoms with Gasteiger partial charge in [0.25, 0.3) is 0 Å². The maximum absolute atomic E-state index is 11.2. The molecule has 84 valence electrons. The Labute approximate surface area is 109 Å². The normalized spacial score (nSPS) is 17.9. The largest absolute Gasteiger partial charge is 0.323 e. The van der Waals surface area contributed by atoms with Crippen molar-refractivity contribution in [2.45, 2.75) is 17.7 Å². The number of aromatic nitrogens is 2. The molecule has 2 aromatic rings. The van der Waals surface area contributed by atoms with Crippen LogP contribution in [-0.4, -0.2) is 9.97 Å². The molecule has 1 saturated carbocycles. The van der Waals surface area contributed by atoms with Gasteiger partial charge in [0, 0.05) is 9.30 Å². The SMILES string of the molecule is O=c1[nH]c2cc(Br)c(C(Br)C3CC3)cc2[nH]1. The van der Waals surface area contributed by atoms with Crippen LogP contribution in [0.5, 0.6) is 0 Å². The second-order valence-electron chi connectivity index (χ2n) is 4.24. The third-order valence-electron chi connectivity index (χ3n) is 2.97. The van der Waals surface area contributed by atoms with Crippen molar-refractivity contribution in [2.75, 3.05) is 0 Å². The van der Waals surface area contributed by atoms with E-state index in [0.717, 1.165) is 21.4 Å². The molecular weight excluding hydrogens is 336 g/mol. The third-order valence-corrected chi connectivity index (χ3v) is 4.89. The molecule has 1 aliphatic rings. The highest BCUT2D eigenvalue weighted by Crippen LogP contribution is 2.48. The summed E-state index contributed by atoms with van der Waals surface area (Å²) < 4.78 is 1.05. The quantitative estimate of drug-likeness (QED) is 0.804. The molecule has 0 saturated heterocycles. The first kappa shape index (κ1) is 10.6. The second-order valence-corrected chi connectivity index (χ2v) is 6.08. The number of rotatable bonds is 2. The van der Waals surface area contributed by atoms with E-state index in [1.807, 2.05) is 12.1 Å². The predicted octanol–water partition coefficient (Wildman–Crippen LogP) is 3.46. The molecule has 1 aromatic carbocycles. The number of halogens is 2. The smallest absolute Gasteiger partial charge is 0.306 e. The van der Waals surface area contributed by atoms with E-state index < -0.39 is 0 Å². The van der Waals surface area contributed by atoms with E-state index >= 15 is 0 Å². The number of hydrogen-bond donors (Lipinski definition) is 2. The van der Waals surface area contributed by atoms with E-state index in [2.05, 4.69) is 41.8 Å². The summed E-state index contributed by atoms with van der Waals surface area (Å²) in [4.78, 5) is 17.1. The van der Waals surface area contributed by atoms with Gasteiger partial charge >= 0.3 is 5.69 Å². The average molecular weight is 346 g/mol. The lowest BCUT2D eigenvalue weighted by Crippen LogP contribution is -1.99. The van der Waals surface area contributed by atoms with E-state index in [4.69, 9.17) is 0 Å². The summed E-state index contributed by atoms with van der Waals surface area (Å²) in [5, 5.41) is 0. The van der Waals surface area contributed by atoms with E-state index in [0.29, 0.717) is 4.83 Å². The summed E-state index contributed by atoms with van der Waals surface area (Å²) in [7, 11) is 0. The number of H-pyrrole nitrogens is 2. The summed E-state index contributed by atoms with van der Waals surface area (Å²) in [6.07, 6.45) is 2.56. The van der Waals surface area contributed by atoms with Crippen LogP contribution < -0.4 is 5.69 Å². The van der Waals surface area contributed by atoms with Gasteiger partial charge in [-0.1, -0.05) is 31.9 Å². The highest BCUT2D eigenvalue weighted by molar-refractivity contribution is 9.11. The fraction of sp³-hybridized carbons (Fsp3) is 0.364. The molecule has 2 N–H and O–H groups in total. The molecule has 1 atom stereocenters. The summed E-state index contributed by atoms with van der Waals surface area (Å²) in [5.74, 6) is 0.736. The van der Waals surface area contributed by atoms with Crippen LogP contribution >= 0.6 is 31.9 Å². The van der Waals surface area contributed by atoms with Gasteiger partial charge < -0.3 is 9.97 Å². The van der Waals surface area contributed by atoms with E-state index in [1.54, 1.807) is 0 Å². The lowest BCUT2D eigenvalue weighted by molar-refractivity contribution is 0.820. The summed E-state index contributed by atoms with van der Waals surface area (Å²) in [6.45, 7) is 0. The van der Waals surface area contributed by atoms with Gasteiger partial charge in [-0.2, -0.15) is 0 Å². The van der Waals surface area contributed by atoms with Crippen LogP contribution in [0.25, 0.3) is 11.0 Å². The molecule has 1 unspecified atom stereocenters. The third kappa shape index (κ3) is 1.76. The molecule has 1 fully saturated rings. The first-order chi connectivity index (χ1) is 7.65. The Kier molecular flexibility index (Phi) is 2.47. The molecule has 1 aliphatic carbocycles. The van der Waals surface area contributed by atoms with Gasteiger partial charge in [0.05, 0.1) is 11.0 Å². The van der Waals surface area contributed by atoms with Gasteiger partial charge in [-0.3, -0.25) is 0 Å². The Morgan fingerprint density at radius 3 is 2.50 bits per heavy atom. The minimum absolute atomic E-state index is 0.156. The summed E-state index contributed by atoms with van der Waals surface area (Å²) >= 11 is 7.28. The fourth-order valence-electron chi connectivity index (χ4n) is 1.93. The number of benzene rings is 1. The van der Waals surface area contributed by atoms with Crippen LogP contribution in [0.4, 0.5) is 0 Å². The number of nitrogens with one attached hydrogen (secondary N) is 2. The van der Waals surface area contributed by atoms with Crippen molar-refractivity contribution in [2.24, 2.45) is 5.92 Å². The summed E-state index contributed by atoms with van der Waals surface area (Å²) in [6, 6.07) is 3.99. The molecule has 0 radical (unpaired) electrons. The Morgan fingerprint density at radius 2 is 1.88 bits per heavy atom. The van der Waals surface area contributed by atoms with E-state index in [1.165, 1.54) is 18.4 Å². The number of alkyl halides is 1. The van der Waals surface area contributed by atoms with E-state index in [9.17, 15) is 4.79 Å². The lowest BCUT2D eigenvalue weighted by atomic mass is 10.1. The minimum Gasteiger partial charge on any atom is -0.306 e. The molecular formula is C11H10Br2N2O. The van der Waals surface area contributed by atoms with Crippen molar-refractivity contribution in [3.8, 4) is 0 Å². The molecule has 0 amide bonds. The highest BCUT2D eigenvalue weighted by Gasteiger charge is 2.31. The van der Waals surface area contributed by atoms with Crippen LogP contribution in [0.15, 0.2) is 21.4 Å². The lowest BCUT2D eigenvalue weighted by Gasteiger charge is -2.10. The van der Waals surface area contributed by atoms with Gasteiger partial charge in [0.1, 0.15) is 0 Å². The zero-order valence-corrected chi connectivity index (χ0v) is 11.6. The van der Waals surface area contributed by atoms with Crippen molar-refractivity contribution in [3.63, 3.8) is 0 Å². The van der Waals surface area contributed by atoms with Crippen LogP contribution in [-0.2, 0) is 0 Å². The second kappa shape index (κ2) is 3.74. The van der Waals surface area contributed by atoms with Gasteiger partial charge in [-0.25, -0.2) is 4.79 Å². The first-order valence-electron chi connectivity index (χ1n) is 5.20. The average Bonchev–Trinajstić information content (AvgIpc) is 3.00. The Morgan fingerprint density at radius 1 is 1.25 bits per heavy atom. The van der Waals surface area contributed by atoms with Crippen molar-refractivity contribution in [1.29, 1.82) is 0 Å². The highest BCUT2D eigenvalue weighted by atomic mass is 79.9. The van der Waals surface area contributed by atoms with Crippen LogP contribution in [0.3, 0.4) is 0 Å². The number of aromatic amines is 2. The van der Waals surface area contributed by atoms with E-state index in [-0.39, 0.29) is 5.69 Å². The van der Waals surface area contributed by atoms with Gasteiger partial charge in [-0.15, -0.1) is 0 Å². The fourth-order valence-corrected chi connectivity index (χ4v) is 3.73. The number of imidazole rings is 1. The maximum Gasteiger partial charge on any atom is 0.323 e. The molecule has 5 heteroatoms. The maximum atomic E-state index is 11.2. The zero-order valence-electron chi connectivity index (χ0n) is 8.39. The first-order valence-corrected chi connectivity index (χ1v) is 6.91. The molecule has 1 heterocycles. The number of hydrogen-bond acceptors (Lipinski definition) is 1. The topological polar surface area (TPSA) is 48.6 Å². The van der Waals surface area contributed by atoms with Crippen LogP contribution in [0, 0.1) is 5.92 Å². The van der Waals surface area contributed by atoms with Crippen molar-refractivity contribution in [3.05, 3.63) is 32.7 Å². The van der Waals surface area contributed by atoms with Gasteiger partial charge in [0.2, 0.25) is 0 Å². The van der Waals surface area contributed by atoms with Crippen molar-refractivity contribution in [1.82, 2.24) is 9.97 Å². The molecule has 3 nitrogen and oxygen atoms in total. The standard InChI is InChI=1S/C11H10Br2N2O/c12-7-4-9-8(14-11(16)15-9)3-6(7)10(13)5-1-2-5/h3-5,10H,1-2H2,(H2,14,15,16). The number of fused-ring (bicyclic) bond motifs is 1. The van der Waals surface area contributed by atoms with Crippen molar-refractivity contribution >= 4 is 42.9 Å². The summed E-state index contributed by atoms with van der Waals surface area (Å²) in [5.41, 5.74) is 2.77.